The third kappa shape index (κ3) is 4.06. The second-order valence-corrected chi connectivity index (χ2v) is 4.76. The van der Waals surface area contributed by atoms with E-state index in [1.54, 1.807) is 0 Å². The molecule has 0 spiro atoms. The number of halogens is 2. The van der Waals surface area contributed by atoms with Crippen LogP contribution in [0.25, 0.3) is 0 Å². The maximum absolute atomic E-state index is 13.5. The van der Waals surface area contributed by atoms with Crippen molar-refractivity contribution in [3.63, 3.8) is 0 Å². The predicted molar refractivity (Wildman–Crippen MR) is 63.7 cm³/mol. The monoisotopic (exact) mass is 243 g/mol. The van der Waals surface area contributed by atoms with E-state index >= 15 is 0 Å². The van der Waals surface area contributed by atoms with Crippen molar-refractivity contribution in [1.29, 1.82) is 0 Å². The van der Waals surface area contributed by atoms with E-state index in [9.17, 15) is 13.9 Å². The molecule has 1 aromatic rings. The Bertz CT molecular complexity index is 378. The predicted octanol–water partition coefficient (Wildman–Crippen LogP) is 2.56. The Morgan fingerprint density at radius 2 is 2.00 bits per heavy atom. The van der Waals surface area contributed by atoms with Gasteiger partial charge in [-0.3, -0.25) is 0 Å². The molecular formula is C13H19F2NO. The molecular weight excluding hydrogens is 224 g/mol. The third-order valence-electron chi connectivity index (χ3n) is 2.67. The van der Waals surface area contributed by atoms with E-state index in [1.807, 2.05) is 13.8 Å². The molecule has 0 fully saturated rings. The van der Waals surface area contributed by atoms with Crippen LogP contribution in [0.2, 0.25) is 0 Å². The van der Waals surface area contributed by atoms with Gasteiger partial charge in [-0.25, -0.2) is 8.78 Å². The minimum absolute atomic E-state index is 0.00283. The summed E-state index contributed by atoms with van der Waals surface area (Å²) < 4.78 is 26.5. The van der Waals surface area contributed by atoms with Gasteiger partial charge in [0.25, 0.3) is 0 Å². The molecule has 0 saturated heterocycles. The Kier molecular flexibility index (Phi) is 4.60. The van der Waals surface area contributed by atoms with Crippen LogP contribution < -0.4 is 5.32 Å². The molecule has 1 unspecified atom stereocenters. The molecule has 0 aliphatic carbocycles. The second kappa shape index (κ2) is 5.56. The molecule has 2 N–H and O–H groups in total. The van der Waals surface area contributed by atoms with Gasteiger partial charge >= 0.3 is 0 Å². The highest BCUT2D eigenvalue weighted by molar-refractivity contribution is 5.24. The number of rotatable bonds is 5. The topological polar surface area (TPSA) is 32.3 Å². The molecule has 0 radical (unpaired) electrons. The van der Waals surface area contributed by atoms with Crippen LogP contribution in [0, 0.1) is 11.6 Å². The number of hydrogen-bond acceptors (Lipinski definition) is 2. The molecule has 17 heavy (non-hydrogen) atoms. The van der Waals surface area contributed by atoms with Crippen LogP contribution in [0.4, 0.5) is 8.78 Å². The van der Waals surface area contributed by atoms with E-state index in [0.717, 1.165) is 18.2 Å². The molecule has 1 atom stereocenters. The fraction of sp³-hybridized carbons (Fsp3) is 0.538. The minimum atomic E-state index is -1.37. The highest BCUT2D eigenvalue weighted by Crippen LogP contribution is 2.27. The number of hydrogen-bond donors (Lipinski definition) is 2. The molecule has 4 heteroatoms. The first-order chi connectivity index (χ1) is 7.83. The maximum Gasteiger partial charge on any atom is 0.129 e. The maximum atomic E-state index is 13.5. The fourth-order valence-corrected chi connectivity index (χ4v) is 1.65. The largest absolute Gasteiger partial charge is 0.385 e. The van der Waals surface area contributed by atoms with Crippen LogP contribution in [0.1, 0.15) is 32.8 Å². The van der Waals surface area contributed by atoms with Crippen molar-refractivity contribution in [2.45, 2.75) is 38.8 Å². The van der Waals surface area contributed by atoms with Crippen molar-refractivity contribution in [3.8, 4) is 0 Å². The molecule has 1 rings (SSSR count). The van der Waals surface area contributed by atoms with Crippen molar-refractivity contribution in [1.82, 2.24) is 5.32 Å². The molecule has 0 aliphatic heterocycles. The highest BCUT2D eigenvalue weighted by Gasteiger charge is 2.26. The Morgan fingerprint density at radius 3 is 2.59 bits per heavy atom. The molecule has 0 bridgehead atoms. The summed E-state index contributed by atoms with van der Waals surface area (Å²) in [6.45, 7) is 6.00. The van der Waals surface area contributed by atoms with Crippen LogP contribution in [0.3, 0.4) is 0 Å². The lowest BCUT2D eigenvalue weighted by molar-refractivity contribution is 0.0435. The Labute approximate surface area is 101 Å². The van der Waals surface area contributed by atoms with Gasteiger partial charge in [0.1, 0.15) is 11.6 Å². The summed E-state index contributed by atoms with van der Waals surface area (Å²) in [5.74, 6) is -1.13. The van der Waals surface area contributed by atoms with E-state index in [0.29, 0.717) is 19.0 Å². The number of aliphatic hydroxyl groups is 1. The zero-order valence-electron chi connectivity index (χ0n) is 10.4. The molecule has 96 valence electrons. The van der Waals surface area contributed by atoms with Crippen LogP contribution in [0.5, 0.6) is 0 Å². The van der Waals surface area contributed by atoms with E-state index in [2.05, 4.69) is 5.32 Å². The molecule has 0 saturated carbocycles. The Morgan fingerprint density at radius 1 is 1.35 bits per heavy atom. The van der Waals surface area contributed by atoms with Crippen molar-refractivity contribution in [2.75, 3.05) is 6.54 Å². The normalized spacial score (nSPS) is 15.0. The van der Waals surface area contributed by atoms with Gasteiger partial charge in [-0.05, 0) is 38.1 Å². The standard InChI is InChI=1S/C13H19F2NO/c1-9(2)16-7-6-13(3,17)11-8-10(14)4-5-12(11)15/h4-5,8-9,16-17H,6-7H2,1-3H3. The smallest absolute Gasteiger partial charge is 0.129 e. The van der Waals surface area contributed by atoms with Crippen LogP contribution >= 0.6 is 0 Å². The van der Waals surface area contributed by atoms with Crippen molar-refractivity contribution < 1.29 is 13.9 Å². The van der Waals surface area contributed by atoms with Gasteiger partial charge in [0.2, 0.25) is 0 Å². The van der Waals surface area contributed by atoms with Crippen LogP contribution in [-0.4, -0.2) is 17.7 Å². The highest BCUT2D eigenvalue weighted by atomic mass is 19.1. The zero-order chi connectivity index (χ0) is 13.1. The van der Waals surface area contributed by atoms with Gasteiger partial charge in [-0.2, -0.15) is 0 Å². The molecule has 0 aliphatic rings. The first-order valence-corrected chi connectivity index (χ1v) is 5.74. The summed E-state index contributed by atoms with van der Waals surface area (Å²) in [6, 6.07) is 3.42. The molecule has 0 heterocycles. The van der Waals surface area contributed by atoms with E-state index < -0.39 is 17.2 Å². The fourth-order valence-electron chi connectivity index (χ4n) is 1.65. The summed E-state index contributed by atoms with van der Waals surface area (Å²) in [5, 5.41) is 13.3. The van der Waals surface area contributed by atoms with Gasteiger partial charge in [-0.15, -0.1) is 0 Å². The quantitative estimate of drug-likeness (QED) is 0.833. The van der Waals surface area contributed by atoms with Gasteiger partial charge in [-0.1, -0.05) is 13.8 Å². The molecule has 0 aromatic heterocycles. The van der Waals surface area contributed by atoms with Gasteiger partial charge < -0.3 is 10.4 Å². The first-order valence-electron chi connectivity index (χ1n) is 5.74. The average molecular weight is 243 g/mol. The summed E-state index contributed by atoms with van der Waals surface area (Å²) in [5.41, 5.74) is -1.36. The Balaban J connectivity index is 2.77. The van der Waals surface area contributed by atoms with Crippen LogP contribution in [-0.2, 0) is 5.60 Å². The van der Waals surface area contributed by atoms with Crippen LogP contribution in [0.15, 0.2) is 18.2 Å². The lowest BCUT2D eigenvalue weighted by atomic mass is 9.92. The average Bonchev–Trinajstić information content (AvgIpc) is 2.20. The van der Waals surface area contributed by atoms with E-state index in [-0.39, 0.29) is 5.56 Å². The molecule has 2 nitrogen and oxygen atoms in total. The van der Waals surface area contributed by atoms with Gasteiger partial charge in [0.15, 0.2) is 0 Å². The van der Waals surface area contributed by atoms with Crippen molar-refractivity contribution in [3.05, 3.63) is 35.4 Å². The lowest BCUT2D eigenvalue weighted by Crippen LogP contribution is -2.31. The van der Waals surface area contributed by atoms with Gasteiger partial charge in [0.05, 0.1) is 5.60 Å². The summed E-state index contributed by atoms with van der Waals surface area (Å²) in [6.07, 6.45) is 0.325. The third-order valence-corrected chi connectivity index (χ3v) is 2.67. The van der Waals surface area contributed by atoms with Crippen molar-refractivity contribution in [2.24, 2.45) is 0 Å². The first kappa shape index (κ1) is 14.1. The zero-order valence-corrected chi connectivity index (χ0v) is 10.4. The molecule has 1 aromatic carbocycles. The molecule has 0 amide bonds. The second-order valence-electron chi connectivity index (χ2n) is 4.76. The lowest BCUT2D eigenvalue weighted by Gasteiger charge is -2.25. The van der Waals surface area contributed by atoms with Gasteiger partial charge in [0, 0.05) is 11.6 Å². The minimum Gasteiger partial charge on any atom is -0.385 e. The summed E-state index contributed by atoms with van der Waals surface area (Å²) in [4.78, 5) is 0. The summed E-state index contributed by atoms with van der Waals surface area (Å²) in [7, 11) is 0. The SMILES string of the molecule is CC(C)NCCC(C)(O)c1cc(F)ccc1F. The number of nitrogens with one attached hydrogen (secondary N) is 1. The summed E-state index contributed by atoms with van der Waals surface area (Å²) >= 11 is 0. The Hall–Kier alpha value is -1.00. The number of benzene rings is 1. The van der Waals surface area contributed by atoms with Crippen molar-refractivity contribution >= 4 is 0 Å². The van der Waals surface area contributed by atoms with E-state index in [1.165, 1.54) is 6.92 Å². The van der Waals surface area contributed by atoms with E-state index in [4.69, 9.17) is 0 Å².